The average Bonchev–Trinajstić information content (AvgIpc) is 3.09. The average molecular weight is 355 g/mol. The number of imidazole rings is 1. The number of thioether (sulfide) groups is 1. The van der Waals surface area contributed by atoms with E-state index in [1.54, 1.807) is 43.1 Å². The molecule has 1 atom stereocenters. The molecule has 0 aliphatic rings. The minimum Gasteiger partial charge on any atom is -0.497 e. The van der Waals surface area contributed by atoms with Crippen LogP contribution in [0.3, 0.4) is 0 Å². The number of nitrogens with zero attached hydrogens (tertiary/aromatic N) is 1. The molecule has 3 rings (SSSR count). The summed E-state index contributed by atoms with van der Waals surface area (Å²) in [5.41, 5.74) is 2.49. The summed E-state index contributed by atoms with van der Waals surface area (Å²) in [7, 11) is 1.61. The van der Waals surface area contributed by atoms with Crippen LogP contribution in [0.4, 0.5) is 0 Å². The molecule has 0 spiro atoms. The van der Waals surface area contributed by atoms with Gasteiger partial charge in [0.15, 0.2) is 0 Å². The molecule has 0 saturated heterocycles. The van der Waals surface area contributed by atoms with Crippen LogP contribution < -0.4 is 10.1 Å². The number of aromatic amines is 1. The standard InChI is InChI=1S/C19H21N3O2S/c1-24-14-9-7-13(8-10-14)19(23)22-17(11-12-25-2)18-20-15-5-3-4-6-16(15)21-18/h3-10,17H,11-12H2,1-2H3,(H,20,21)(H,22,23). The number of nitrogens with one attached hydrogen (secondary N) is 2. The number of ether oxygens (including phenoxy) is 1. The van der Waals surface area contributed by atoms with Gasteiger partial charge in [-0.3, -0.25) is 4.79 Å². The van der Waals surface area contributed by atoms with Gasteiger partial charge in [0, 0.05) is 5.56 Å². The topological polar surface area (TPSA) is 67.0 Å². The van der Waals surface area contributed by atoms with Crippen molar-refractivity contribution in [1.82, 2.24) is 15.3 Å². The number of rotatable bonds is 7. The van der Waals surface area contributed by atoms with Gasteiger partial charge in [0.05, 0.1) is 24.2 Å². The van der Waals surface area contributed by atoms with E-state index < -0.39 is 0 Å². The summed E-state index contributed by atoms with van der Waals surface area (Å²) in [6.07, 6.45) is 2.86. The number of aromatic nitrogens is 2. The van der Waals surface area contributed by atoms with E-state index in [1.807, 2.05) is 24.3 Å². The lowest BCUT2D eigenvalue weighted by atomic mass is 10.1. The summed E-state index contributed by atoms with van der Waals surface area (Å²) >= 11 is 1.75. The highest BCUT2D eigenvalue weighted by atomic mass is 32.2. The van der Waals surface area contributed by atoms with Crippen molar-refractivity contribution in [2.24, 2.45) is 0 Å². The monoisotopic (exact) mass is 355 g/mol. The molecule has 25 heavy (non-hydrogen) atoms. The number of H-pyrrole nitrogens is 1. The van der Waals surface area contributed by atoms with Gasteiger partial charge in [0.25, 0.3) is 5.91 Å². The van der Waals surface area contributed by atoms with Crippen molar-refractivity contribution in [3.05, 3.63) is 59.9 Å². The highest BCUT2D eigenvalue weighted by Crippen LogP contribution is 2.21. The molecule has 0 saturated carbocycles. The fraction of sp³-hybridized carbons (Fsp3) is 0.263. The maximum Gasteiger partial charge on any atom is 0.251 e. The Morgan fingerprint density at radius 1 is 1.24 bits per heavy atom. The van der Waals surface area contributed by atoms with Crippen LogP contribution in [0, 0.1) is 0 Å². The first-order valence-corrected chi connectivity index (χ1v) is 9.49. The molecule has 0 aliphatic carbocycles. The minimum absolute atomic E-state index is 0.116. The summed E-state index contributed by atoms with van der Waals surface area (Å²) in [4.78, 5) is 20.6. The fourth-order valence-electron chi connectivity index (χ4n) is 2.63. The summed E-state index contributed by atoms with van der Waals surface area (Å²) in [5, 5.41) is 3.10. The van der Waals surface area contributed by atoms with E-state index in [0.717, 1.165) is 34.8 Å². The van der Waals surface area contributed by atoms with Gasteiger partial charge in [0.1, 0.15) is 11.6 Å². The van der Waals surface area contributed by atoms with Gasteiger partial charge >= 0.3 is 0 Å². The Kier molecular flexibility index (Phi) is 5.60. The molecule has 1 heterocycles. The molecule has 130 valence electrons. The third kappa shape index (κ3) is 4.14. The highest BCUT2D eigenvalue weighted by molar-refractivity contribution is 7.98. The molecule has 3 aromatic rings. The van der Waals surface area contributed by atoms with E-state index in [2.05, 4.69) is 21.5 Å². The summed E-state index contributed by atoms with van der Waals surface area (Å²) in [6, 6.07) is 14.8. The van der Waals surface area contributed by atoms with Crippen LogP contribution in [0.5, 0.6) is 5.75 Å². The molecular weight excluding hydrogens is 334 g/mol. The quantitative estimate of drug-likeness (QED) is 0.676. The van der Waals surface area contributed by atoms with Crippen molar-refractivity contribution in [3.8, 4) is 5.75 Å². The third-order valence-electron chi connectivity index (χ3n) is 4.01. The first-order valence-electron chi connectivity index (χ1n) is 8.09. The molecule has 1 unspecified atom stereocenters. The van der Waals surface area contributed by atoms with Crippen LogP contribution >= 0.6 is 11.8 Å². The lowest BCUT2D eigenvalue weighted by molar-refractivity contribution is 0.0934. The van der Waals surface area contributed by atoms with E-state index in [-0.39, 0.29) is 11.9 Å². The van der Waals surface area contributed by atoms with E-state index >= 15 is 0 Å². The smallest absolute Gasteiger partial charge is 0.251 e. The maximum atomic E-state index is 12.6. The number of carbonyl (C=O) groups is 1. The number of methoxy groups -OCH3 is 1. The minimum atomic E-state index is -0.158. The van der Waals surface area contributed by atoms with E-state index in [4.69, 9.17) is 4.74 Å². The van der Waals surface area contributed by atoms with Gasteiger partial charge in [-0.2, -0.15) is 11.8 Å². The first kappa shape index (κ1) is 17.4. The molecule has 2 N–H and O–H groups in total. The second-order valence-electron chi connectivity index (χ2n) is 5.68. The van der Waals surface area contributed by atoms with Crippen LogP contribution in [0.15, 0.2) is 48.5 Å². The molecule has 0 fully saturated rings. The molecule has 1 aromatic heterocycles. The predicted octanol–water partition coefficient (Wildman–Crippen LogP) is 3.80. The van der Waals surface area contributed by atoms with Crippen molar-refractivity contribution in [2.45, 2.75) is 12.5 Å². The summed E-state index contributed by atoms with van der Waals surface area (Å²) in [6.45, 7) is 0. The van der Waals surface area contributed by atoms with E-state index in [9.17, 15) is 4.79 Å². The van der Waals surface area contributed by atoms with Gasteiger partial charge in [-0.05, 0) is 54.8 Å². The Morgan fingerprint density at radius 2 is 2.00 bits per heavy atom. The molecular formula is C19H21N3O2S. The Hall–Kier alpha value is -2.47. The second-order valence-corrected chi connectivity index (χ2v) is 6.66. The van der Waals surface area contributed by atoms with Crippen molar-refractivity contribution in [2.75, 3.05) is 19.1 Å². The molecule has 0 bridgehead atoms. The van der Waals surface area contributed by atoms with Crippen LogP contribution in [0.1, 0.15) is 28.6 Å². The lowest BCUT2D eigenvalue weighted by Gasteiger charge is -2.16. The van der Waals surface area contributed by atoms with E-state index in [0.29, 0.717) is 5.56 Å². The third-order valence-corrected chi connectivity index (χ3v) is 4.65. The molecule has 1 amide bonds. The van der Waals surface area contributed by atoms with E-state index in [1.165, 1.54) is 0 Å². The Labute approximate surface area is 151 Å². The zero-order valence-corrected chi connectivity index (χ0v) is 15.1. The van der Waals surface area contributed by atoms with Crippen molar-refractivity contribution >= 4 is 28.7 Å². The first-order chi connectivity index (χ1) is 12.2. The number of hydrogen-bond acceptors (Lipinski definition) is 4. The van der Waals surface area contributed by atoms with Gasteiger partial charge in [-0.15, -0.1) is 0 Å². The molecule has 0 radical (unpaired) electrons. The van der Waals surface area contributed by atoms with Crippen LogP contribution in [-0.4, -0.2) is 35.0 Å². The number of amides is 1. The Balaban J connectivity index is 1.80. The highest BCUT2D eigenvalue weighted by Gasteiger charge is 2.19. The van der Waals surface area contributed by atoms with Gasteiger partial charge < -0.3 is 15.0 Å². The number of hydrogen-bond donors (Lipinski definition) is 2. The summed E-state index contributed by atoms with van der Waals surface area (Å²) < 4.78 is 5.14. The lowest BCUT2D eigenvalue weighted by Crippen LogP contribution is -2.29. The van der Waals surface area contributed by atoms with Gasteiger partial charge in [-0.25, -0.2) is 4.98 Å². The number of carbonyl (C=O) groups excluding carboxylic acids is 1. The zero-order valence-electron chi connectivity index (χ0n) is 14.3. The molecule has 6 heteroatoms. The molecule has 5 nitrogen and oxygen atoms in total. The number of benzene rings is 2. The largest absolute Gasteiger partial charge is 0.497 e. The maximum absolute atomic E-state index is 12.6. The van der Waals surface area contributed by atoms with Crippen LogP contribution in [0.25, 0.3) is 11.0 Å². The van der Waals surface area contributed by atoms with Crippen molar-refractivity contribution in [1.29, 1.82) is 0 Å². The molecule has 2 aromatic carbocycles. The number of para-hydroxylation sites is 2. The Bertz CT molecular complexity index is 812. The van der Waals surface area contributed by atoms with Gasteiger partial charge in [-0.1, -0.05) is 12.1 Å². The predicted molar refractivity (Wildman–Crippen MR) is 102 cm³/mol. The van der Waals surface area contributed by atoms with Crippen LogP contribution in [-0.2, 0) is 0 Å². The van der Waals surface area contributed by atoms with Gasteiger partial charge in [0.2, 0.25) is 0 Å². The Morgan fingerprint density at radius 3 is 2.68 bits per heavy atom. The summed E-state index contributed by atoms with van der Waals surface area (Å²) in [5.74, 6) is 2.34. The SMILES string of the molecule is COc1ccc(C(=O)NC(CCSC)c2nc3ccccc3[nH]2)cc1. The normalized spacial score (nSPS) is 12.1. The molecule has 0 aliphatic heterocycles. The second kappa shape index (κ2) is 8.07. The zero-order chi connectivity index (χ0) is 17.6. The van der Waals surface area contributed by atoms with Crippen molar-refractivity contribution < 1.29 is 9.53 Å². The van der Waals surface area contributed by atoms with Crippen LogP contribution in [0.2, 0.25) is 0 Å². The fourth-order valence-corrected chi connectivity index (χ4v) is 3.11. The number of fused-ring (bicyclic) bond motifs is 1. The van der Waals surface area contributed by atoms with Crippen molar-refractivity contribution in [3.63, 3.8) is 0 Å².